The summed E-state index contributed by atoms with van der Waals surface area (Å²) in [4.78, 5) is 0. The van der Waals surface area contributed by atoms with Gasteiger partial charge in [0.2, 0.25) is 0 Å². The average Bonchev–Trinajstić information content (AvgIpc) is 1.94. The van der Waals surface area contributed by atoms with Crippen LogP contribution < -0.4 is 9.84 Å². The van der Waals surface area contributed by atoms with Crippen LogP contribution >= 0.6 is 0 Å². The van der Waals surface area contributed by atoms with Gasteiger partial charge in [-0.15, -0.1) is 0 Å². The van der Waals surface area contributed by atoms with Gasteiger partial charge in [0.1, 0.15) is 5.75 Å². The van der Waals surface area contributed by atoms with E-state index in [1.807, 2.05) is 0 Å². The summed E-state index contributed by atoms with van der Waals surface area (Å²) < 4.78 is 4.79. The van der Waals surface area contributed by atoms with Crippen LogP contribution in [0.5, 0.6) is 11.5 Å². The highest BCUT2D eigenvalue weighted by atomic mass is 16.5. The maximum atomic E-state index is 10.8. The molecule has 0 unspecified atom stereocenters. The summed E-state index contributed by atoms with van der Waals surface area (Å²) in [7, 11) is 0. The fourth-order valence-electron chi connectivity index (χ4n) is 0.637. The maximum absolute atomic E-state index is 10.8. The van der Waals surface area contributed by atoms with E-state index in [0.29, 0.717) is 5.75 Å². The van der Waals surface area contributed by atoms with E-state index in [1.54, 1.807) is 18.2 Å². The lowest BCUT2D eigenvalue weighted by Gasteiger charge is -2.09. The van der Waals surface area contributed by atoms with Crippen LogP contribution in [0, 0.1) is 0 Å². The van der Waals surface area contributed by atoms with Gasteiger partial charge in [0.25, 0.3) is 0 Å². The van der Waals surface area contributed by atoms with Gasteiger partial charge in [0.15, 0.2) is 0 Å². The molecule has 1 rings (SSSR count). The van der Waals surface area contributed by atoms with Crippen molar-refractivity contribution in [2.45, 2.75) is 0 Å². The lowest BCUT2D eigenvalue weighted by Crippen LogP contribution is -1.92. The van der Waals surface area contributed by atoms with Gasteiger partial charge in [-0.1, -0.05) is 30.5 Å². The van der Waals surface area contributed by atoms with Crippen molar-refractivity contribution >= 4 is 0 Å². The van der Waals surface area contributed by atoms with Gasteiger partial charge in [-0.25, -0.2) is 0 Å². The van der Waals surface area contributed by atoms with Crippen molar-refractivity contribution < 1.29 is 9.84 Å². The lowest BCUT2D eigenvalue weighted by molar-refractivity contribution is -0.269. The minimum Gasteiger partial charge on any atom is -0.870 e. The molecule has 1 aromatic carbocycles. The molecule has 52 valence electrons. The summed E-state index contributed by atoms with van der Waals surface area (Å²) in [6.07, 6.45) is 1.23. The van der Waals surface area contributed by atoms with Crippen molar-refractivity contribution in [3.8, 4) is 11.5 Å². The first-order valence-corrected chi connectivity index (χ1v) is 2.88. The predicted molar refractivity (Wildman–Crippen MR) is 36.7 cm³/mol. The van der Waals surface area contributed by atoms with E-state index in [4.69, 9.17) is 4.74 Å². The molecule has 2 heteroatoms. The monoisotopic (exact) mass is 135 g/mol. The molecule has 0 saturated heterocycles. The van der Waals surface area contributed by atoms with Gasteiger partial charge in [0, 0.05) is 0 Å². The molecule has 10 heavy (non-hydrogen) atoms. The normalized spacial score (nSPS) is 8.80. The van der Waals surface area contributed by atoms with Gasteiger partial charge in [0.05, 0.1) is 6.26 Å². The van der Waals surface area contributed by atoms with Crippen LogP contribution in [0.25, 0.3) is 0 Å². The van der Waals surface area contributed by atoms with Crippen molar-refractivity contribution in [3.05, 3.63) is 37.1 Å². The van der Waals surface area contributed by atoms with Gasteiger partial charge in [-0.3, -0.25) is 0 Å². The first-order chi connectivity index (χ1) is 4.84. The van der Waals surface area contributed by atoms with E-state index in [9.17, 15) is 5.11 Å². The fourth-order valence-corrected chi connectivity index (χ4v) is 0.637. The van der Waals surface area contributed by atoms with Crippen LogP contribution in [0.4, 0.5) is 0 Å². The van der Waals surface area contributed by atoms with Gasteiger partial charge in [-0.2, -0.15) is 0 Å². The van der Waals surface area contributed by atoms with Crippen molar-refractivity contribution in [1.29, 1.82) is 0 Å². The fraction of sp³-hybridized carbons (Fsp3) is 0. The molecule has 0 atom stereocenters. The molecule has 0 fully saturated rings. The van der Waals surface area contributed by atoms with Crippen LogP contribution in [0.15, 0.2) is 37.1 Å². The lowest BCUT2D eigenvalue weighted by atomic mass is 10.3. The van der Waals surface area contributed by atoms with Gasteiger partial charge in [-0.05, 0) is 6.07 Å². The number of ether oxygens (including phenoxy) is 1. The third-order valence-electron chi connectivity index (χ3n) is 1.06. The Morgan fingerprint density at radius 2 is 2.10 bits per heavy atom. The Bertz CT molecular complexity index is 230. The number of rotatable bonds is 2. The Hall–Kier alpha value is -1.44. The Morgan fingerprint density at radius 1 is 1.40 bits per heavy atom. The summed E-state index contributed by atoms with van der Waals surface area (Å²) in [6, 6.07) is 6.45. The van der Waals surface area contributed by atoms with Crippen molar-refractivity contribution in [3.63, 3.8) is 0 Å². The molecule has 0 saturated carbocycles. The van der Waals surface area contributed by atoms with E-state index in [1.165, 1.54) is 12.3 Å². The summed E-state index contributed by atoms with van der Waals surface area (Å²) in [5, 5.41) is 10.8. The Balaban J connectivity index is 2.91. The second kappa shape index (κ2) is 2.92. The van der Waals surface area contributed by atoms with Crippen LogP contribution in [0.3, 0.4) is 0 Å². The minimum absolute atomic E-state index is 0.123. The van der Waals surface area contributed by atoms with E-state index >= 15 is 0 Å². The van der Waals surface area contributed by atoms with E-state index in [-0.39, 0.29) is 5.75 Å². The molecule has 1 aromatic rings. The van der Waals surface area contributed by atoms with Gasteiger partial charge < -0.3 is 9.84 Å². The maximum Gasteiger partial charge on any atom is 0.118 e. The van der Waals surface area contributed by atoms with Crippen LogP contribution in [-0.4, -0.2) is 0 Å². The molecular weight excluding hydrogens is 128 g/mol. The van der Waals surface area contributed by atoms with E-state index < -0.39 is 0 Å². The highest BCUT2D eigenvalue weighted by Crippen LogP contribution is 2.20. The van der Waals surface area contributed by atoms with Crippen molar-refractivity contribution in [1.82, 2.24) is 0 Å². The minimum atomic E-state index is -0.123. The topological polar surface area (TPSA) is 32.3 Å². The molecule has 0 aliphatic carbocycles. The van der Waals surface area contributed by atoms with Crippen LogP contribution in [-0.2, 0) is 0 Å². The molecule has 0 aromatic heterocycles. The van der Waals surface area contributed by atoms with Crippen LogP contribution in [0.2, 0.25) is 0 Å². The summed E-state index contributed by atoms with van der Waals surface area (Å²) in [5.41, 5.74) is 0. The van der Waals surface area contributed by atoms with Crippen LogP contribution in [0.1, 0.15) is 0 Å². The molecule has 0 heterocycles. The molecule has 0 aliphatic rings. The highest BCUT2D eigenvalue weighted by molar-refractivity contribution is 5.37. The first kappa shape index (κ1) is 6.68. The third-order valence-corrected chi connectivity index (χ3v) is 1.06. The van der Waals surface area contributed by atoms with Crippen molar-refractivity contribution in [2.24, 2.45) is 0 Å². The zero-order valence-corrected chi connectivity index (χ0v) is 5.41. The molecule has 0 amide bonds. The van der Waals surface area contributed by atoms with Crippen molar-refractivity contribution in [2.75, 3.05) is 0 Å². The number of para-hydroxylation sites is 2. The summed E-state index contributed by atoms with van der Waals surface area (Å²) >= 11 is 0. The zero-order valence-electron chi connectivity index (χ0n) is 5.41. The standard InChI is InChI=1S/C8H8O2/c1-2-10-8-6-4-3-5-7(8)9/h2-6,9H,1H2/p-1. The number of hydrogen-bond donors (Lipinski definition) is 0. The molecule has 2 nitrogen and oxygen atoms in total. The zero-order chi connectivity index (χ0) is 7.40. The number of hydrogen-bond acceptors (Lipinski definition) is 2. The average molecular weight is 135 g/mol. The molecule has 0 N–H and O–H groups in total. The smallest absolute Gasteiger partial charge is 0.118 e. The van der Waals surface area contributed by atoms with E-state index in [0.717, 1.165) is 0 Å². The third kappa shape index (κ3) is 1.29. The second-order valence-corrected chi connectivity index (χ2v) is 1.73. The van der Waals surface area contributed by atoms with E-state index in [2.05, 4.69) is 6.58 Å². The largest absolute Gasteiger partial charge is 0.870 e. The SMILES string of the molecule is C=COc1ccccc1[O-]. The highest BCUT2D eigenvalue weighted by Gasteiger charge is 1.87. The number of benzene rings is 1. The second-order valence-electron chi connectivity index (χ2n) is 1.73. The molecular formula is C8H7O2-. The molecule has 0 bridgehead atoms. The molecule has 0 aliphatic heterocycles. The van der Waals surface area contributed by atoms with Gasteiger partial charge >= 0.3 is 0 Å². The Morgan fingerprint density at radius 3 is 2.70 bits per heavy atom. The Kier molecular flexibility index (Phi) is 1.95. The Labute approximate surface area is 59.4 Å². The first-order valence-electron chi connectivity index (χ1n) is 2.88. The summed E-state index contributed by atoms with van der Waals surface area (Å²) in [6.45, 7) is 3.34. The summed E-state index contributed by atoms with van der Waals surface area (Å²) in [5.74, 6) is 0.194. The predicted octanol–water partition coefficient (Wildman–Crippen LogP) is 1.28. The molecule has 0 spiro atoms. The quantitative estimate of drug-likeness (QED) is 0.572. The molecule has 0 radical (unpaired) electrons.